The van der Waals surface area contributed by atoms with Crippen LogP contribution in [0.1, 0.15) is 66.2 Å². The van der Waals surface area contributed by atoms with E-state index in [1.807, 2.05) is 0 Å². The quantitative estimate of drug-likeness (QED) is 0.239. The molecule has 3 saturated carbocycles. The first-order valence-electron chi connectivity index (χ1n) is 10.1. The second-order valence-electron chi connectivity index (χ2n) is 9.69. The standard InChI is InChI=1S/C22H32N2SSe/c1-14-8-9-22(26-12-23)16(3)6-7-18-15(2)10-17(19(14)20(18)22)11-21(4,5)24-13-25/h15-20H,1,6-11H2,2-5H3/t15-,16-,17-,18+,19-,20-,22-/m0/s1. The maximum absolute atomic E-state index is 9.71. The van der Waals surface area contributed by atoms with Crippen molar-refractivity contribution in [3.05, 3.63) is 12.2 Å². The van der Waals surface area contributed by atoms with E-state index in [0.29, 0.717) is 23.7 Å². The normalized spacial score (nSPS) is 42.3. The third-order valence-electron chi connectivity index (χ3n) is 7.75. The minimum atomic E-state index is -0.153. The van der Waals surface area contributed by atoms with Crippen molar-refractivity contribution in [3.63, 3.8) is 0 Å². The Morgan fingerprint density at radius 2 is 2.12 bits per heavy atom. The molecule has 0 unspecified atom stereocenters. The average Bonchev–Trinajstić information content (AvgIpc) is 2.55. The molecule has 0 saturated heterocycles. The maximum atomic E-state index is 9.71. The first-order chi connectivity index (χ1) is 12.3. The van der Waals surface area contributed by atoms with Gasteiger partial charge in [0.1, 0.15) is 0 Å². The van der Waals surface area contributed by atoms with E-state index in [1.54, 1.807) is 0 Å². The van der Waals surface area contributed by atoms with Crippen molar-refractivity contribution in [2.45, 2.75) is 76.1 Å². The molecule has 0 aliphatic heterocycles. The summed E-state index contributed by atoms with van der Waals surface area (Å²) < 4.78 is 0.265. The Morgan fingerprint density at radius 3 is 2.77 bits per heavy atom. The van der Waals surface area contributed by atoms with Gasteiger partial charge in [0.15, 0.2) is 0 Å². The second-order valence-corrected chi connectivity index (χ2v) is 12.3. The van der Waals surface area contributed by atoms with Crippen molar-refractivity contribution in [1.29, 1.82) is 5.26 Å². The van der Waals surface area contributed by atoms with Crippen molar-refractivity contribution in [2.75, 3.05) is 0 Å². The van der Waals surface area contributed by atoms with Crippen molar-refractivity contribution < 1.29 is 0 Å². The Morgan fingerprint density at radius 1 is 1.38 bits per heavy atom. The van der Waals surface area contributed by atoms with Crippen LogP contribution in [0.15, 0.2) is 17.1 Å². The summed E-state index contributed by atoms with van der Waals surface area (Å²) in [5, 5.41) is 12.3. The molecule has 0 aromatic heterocycles. The molecule has 4 heteroatoms. The molecule has 0 bridgehead atoms. The predicted molar refractivity (Wildman–Crippen MR) is 112 cm³/mol. The van der Waals surface area contributed by atoms with Gasteiger partial charge in [-0.15, -0.1) is 0 Å². The van der Waals surface area contributed by atoms with Crippen molar-refractivity contribution in [1.82, 2.24) is 0 Å². The summed E-state index contributed by atoms with van der Waals surface area (Å²) in [5.41, 5.74) is 1.30. The van der Waals surface area contributed by atoms with E-state index < -0.39 is 0 Å². The van der Waals surface area contributed by atoms with Gasteiger partial charge in [-0.1, -0.05) is 0 Å². The Bertz CT molecular complexity index is 660. The first-order valence-corrected chi connectivity index (χ1v) is 12.2. The van der Waals surface area contributed by atoms with Gasteiger partial charge in [0.2, 0.25) is 0 Å². The predicted octanol–water partition coefficient (Wildman–Crippen LogP) is 5.89. The third kappa shape index (κ3) is 3.38. The summed E-state index contributed by atoms with van der Waals surface area (Å²) in [6, 6.07) is 0. The fourth-order valence-corrected chi connectivity index (χ4v) is 9.37. The molecule has 0 N–H and O–H groups in total. The zero-order chi connectivity index (χ0) is 19.1. The molecule has 0 aromatic rings. The first kappa shape index (κ1) is 20.3. The van der Waals surface area contributed by atoms with Gasteiger partial charge in [-0.2, -0.15) is 0 Å². The monoisotopic (exact) mass is 436 g/mol. The van der Waals surface area contributed by atoms with Gasteiger partial charge in [0, 0.05) is 0 Å². The number of isothiocyanates is 1. The third-order valence-corrected chi connectivity index (χ3v) is 10.7. The minimum absolute atomic E-state index is 0.0678. The SMILES string of the molecule is C=C1CC[C@@]2([Se]C#N)[C@H]3[C@H](CC[C@@H]2C)[C@@H](C)C[C@@H](CC(C)(C)N=C=S)[C@H]13. The van der Waals surface area contributed by atoms with Crippen molar-refractivity contribution in [2.24, 2.45) is 40.5 Å². The molecule has 2 nitrogen and oxygen atoms in total. The van der Waals surface area contributed by atoms with Crippen LogP contribution in [-0.2, 0) is 0 Å². The van der Waals surface area contributed by atoms with Gasteiger partial charge in [-0.05, 0) is 0 Å². The van der Waals surface area contributed by atoms with E-state index in [4.69, 9.17) is 12.2 Å². The van der Waals surface area contributed by atoms with Gasteiger partial charge in [0.25, 0.3) is 0 Å². The average molecular weight is 436 g/mol. The van der Waals surface area contributed by atoms with E-state index in [9.17, 15) is 5.26 Å². The molecule has 3 aliphatic carbocycles. The number of hydrogen-bond acceptors (Lipinski definition) is 3. The summed E-state index contributed by atoms with van der Waals surface area (Å²) in [6.45, 7) is 13.8. The summed E-state index contributed by atoms with van der Waals surface area (Å²) in [7, 11) is 0. The van der Waals surface area contributed by atoms with Gasteiger partial charge < -0.3 is 0 Å². The fourth-order valence-electron chi connectivity index (χ4n) is 6.71. The number of aliphatic imine (C=N–C) groups is 1. The number of allylic oxidation sites excluding steroid dienone is 1. The number of nitriles is 1. The number of thiocarbonyl (C=S) groups is 1. The van der Waals surface area contributed by atoms with Crippen LogP contribution in [0.5, 0.6) is 0 Å². The van der Waals surface area contributed by atoms with Gasteiger partial charge in [-0.25, -0.2) is 0 Å². The van der Waals surface area contributed by atoms with Crippen LogP contribution in [0.25, 0.3) is 0 Å². The molecule has 142 valence electrons. The summed E-state index contributed by atoms with van der Waals surface area (Å²) >= 11 is 4.96. The molecule has 26 heavy (non-hydrogen) atoms. The molecular weight excluding hydrogens is 403 g/mol. The topological polar surface area (TPSA) is 36.1 Å². The van der Waals surface area contributed by atoms with E-state index in [-0.39, 0.29) is 24.8 Å². The number of rotatable bonds is 4. The van der Waals surface area contributed by atoms with Gasteiger partial charge in [-0.3, -0.25) is 0 Å². The van der Waals surface area contributed by atoms with Crippen LogP contribution in [0.3, 0.4) is 0 Å². The van der Waals surface area contributed by atoms with E-state index >= 15 is 0 Å². The van der Waals surface area contributed by atoms with E-state index in [1.165, 1.54) is 31.3 Å². The summed E-state index contributed by atoms with van der Waals surface area (Å²) in [5.74, 6) is 4.03. The molecule has 3 rings (SSSR count). The zero-order valence-corrected chi connectivity index (χ0v) is 19.2. The van der Waals surface area contributed by atoms with Crippen LogP contribution in [0, 0.1) is 45.7 Å². The van der Waals surface area contributed by atoms with Crippen molar-refractivity contribution in [3.8, 4) is 4.97 Å². The molecule has 3 fully saturated rings. The Labute approximate surface area is 171 Å². The molecule has 7 atom stereocenters. The van der Waals surface area contributed by atoms with Crippen LogP contribution in [0.2, 0.25) is 4.31 Å². The number of nitrogens with zero attached hydrogens (tertiary/aromatic N) is 2. The second kappa shape index (κ2) is 7.52. The molecule has 3 aliphatic rings. The number of hydrogen-bond donors (Lipinski definition) is 0. The Balaban J connectivity index is 2.02. The van der Waals surface area contributed by atoms with Gasteiger partial charge in [0.05, 0.1) is 0 Å². The molecule has 0 radical (unpaired) electrons. The van der Waals surface area contributed by atoms with E-state index in [0.717, 1.165) is 24.7 Å². The fraction of sp³-hybridized carbons (Fsp3) is 0.818. The van der Waals surface area contributed by atoms with Gasteiger partial charge >= 0.3 is 171 Å². The summed E-state index contributed by atoms with van der Waals surface area (Å²) in [4.78, 5) is 7.12. The molecular formula is C22H32N2SSe. The zero-order valence-electron chi connectivity index (χ0n) is 16.6. The summed E-state index contributed by atoms with van der Waals surface area (Å²) in [6.07, 6.45) is 7.28. The molecule has 0 amide bonds. The van der Waals surface area contributed by atoms with Crippen LogP contribution in [-0.4, -0.2) is 25.7 Å². The van der Waals surface area contributed by atoms with Crippen LogP contribution >= 0.6 is 12.2 Å². The molecule has 0 spiro atoms. The Kier molecular flexibility index (Phi) is 5.87. The van der Waals surface area contributed by atoms with Crippen LogP contribution < -0.4 is 0 Å². The van der Waals surface area contributed by atoms with Crippen LogP contribution in [0.4, 0.5) is 0 Å². The van der Waals surface area contributed by atoms with Crippen molar-refractivity contribution >= 4 is 32.3 Å². The molecule has 0 aromatic carbocycles. The Hall–Kier alpha value is -0.451. The molecule has 0 heterocycles. The van der Waals surface area contributed by atoms with E-state index in [2.05, 4.69) is 49.4 Å².